The van der Waals surface area contributed by atoms with Crippen molar-refractivity contribution in [3.63, 3.8) is 0 Å². The molecule has 9 heteroatoms. The summed E-state index contributed by atoms with van der Waals surface area (Å²) in [7, 11) is 0. The highest BCUT2D eigenvalue weighted by Gasteiger charge is 2.16. The van der Waals surface area contributed by atoms with Gasteiger partial charge in [-0.05, 0) is 12.5 Å². The first-order valence-corrected chi connectivity index (χ1v) is 6.67. The molecule has 9 nitrogen and oxygen atoms in total. The van der Waals surface area contributed by atoms with Crippen molar-refractivity contribution in [1.82, 2.24) is 14.9 Å². The number of aromatic nitrogens is 2. The Morgan fingerprint density at radius 3 is 2.57 bits per heavy atom. The molecule has 0 aliphatic rings. The summed E-state index contributed by atoms with van der Waals surface area (Å²) < 4.78 is 0.782. The van der Waals surface area contributed by atoms with E-state index < -0.39 is 34.3 Å². The van der Waals surface area contributed by atoms with Gasteiger partial charge in [0.05, 0.1) is 11.1 Å². The van der Waals surface area contributed by atoms with Crippen LogP contribution in [-0.4, -0.2) is 20.4 Å². The number of nitro groups is 1. The van der Waals surface area contributed by atoms with Crippen LogP contribution in [0.1, 0.15) is 11.1 Å². The van der Waals surface area contributed by atoms with Gasteiger partial charge in [-0.15, -0.1) is 0 Å². The van der Waals surface area contributed by atoms with Crippen molar-refractivity contribution >= 4 is 11.6 Å². The number of amides is 1. The third kappa shape index (κ3) is 4.13. The average molecular weight is 318 g/mol. The van der Waals surface area contributed by atoms with E-state index in [1.54, 1.807) is 4.98 Å². The molecule has 0 aliphatic heterocycles. The quantitative estimate of drug-likeness (QED) is 0.595. The van der Waals surface area contributed by atoms with Crippen LogP contribution in [0, 0.1) is 17.0 Å². The molecule has 0 fully saturated rings. The van der Waals surface area contributed by atoms with Crippen LogP contribution in [0.25, 0.3) is 0 Å². The van der Waals surface area contributed by atoms with Crippen LogP contribution in [-0.2, 0) is 17.9 Å². The number of carbonyl (C=O) groups excluding carboxylic acids is 1. The van der Waals surface area contributed by atoms with Crippen LogP contribution in [0.5, 0.6) is 0 Å². The molecule has 1 heterocycles. The van der Waals surface area contributed by atoms with Gasteiger partial charge < -0.3 is 5.32 Å². The van der Waals surface area contributed by atoms with Gasteiger partial charge in [0.25, 0.3) is 0 Å². The van der Waals surface area contributed by atoms with Gasteiger partial charge in [-0.1, -0.05) is 29.8 Å². The topological polar surface area (TPSA) is 127 Å². The molecule has 120 valence electrons. The minimum Gasteiger partial charge on any atom is -0.350 e. The van der Waals surface area contributed by atoms with Gasteiger partial charge in [0.1, 0.15) is 6.54 Å². The summed E-state index contributed by atoms with van der Waals surface area (Å²) in [6.45, 7) is 1.78. The van der Waals surface area contributed by atoms with Crippen LogP contribution < -0.4 is 16.6 Å². The Morgan fingerprint density at radius 2 is 1.96 bits per heavy atom. The van der Waals surface area contributed by atoms with Gasteiger partial charge in [-0.3, -0.25) is 29.3 Å². The zero-order valence-corrected chi connectivity index (χ0v) is 12.2. The van der Waals surface area contributed by atoms with Crippen LogP contribution in [0.4, 0.5) is 5.69 Å². The first-order chi connectivity index (χ1) is 10.9. The summed E-state index contributed by atoms with van der Waals surface area (Å²) in [5.74, 6) is -0.506. The Morgan fingerprint density at radius 1 is 1.30 bits per heavy atom. The van der Waals surface area contributed by atoms with Crippen molar-refractivity contribution in [2.24, 2.45) is 0 Å². The Balaban J connectivity index is 2.07. The largest absolute Gasteiger partial charge is 0.350 e. The van der Waals surface area contributed by atoms with Crippen molar-refractivity contribution in [3.8, 4) is 0 Å². The van der Waals surface area contributed by atoms with Crippen molar-refractivity contribution in [2.75, 3.05) is 0 Å². The van der Waals surface area contributed by atoms with Gasteiger partial charge in [0, 0.05) is 6.54 Å². The number of benzene rings is 1. The third-order valence-electron chi connectivity index (χ3n) is 3.11. The molecule has 1 aromatic heterocycles. The van der Waals surface area contributed by atoms with Crippen molar-refractivity contribution < 1.29 is 9.72 Å². The summed E-state index contributed by atoms with van der Waals surface area (Å²) >= 11 is 0. The lowest BCUT2D eigenvalue weighted by atomic mass is 10.1. The number of carbonyl (C=O) groups is 1. The van der Waals surface area contributed by atoms with Gasteiger partial charge in [0.2, 0.25) is 5.91 Å². The van der Waals surface area contributed by atoms with Crippen LogP contribution in [0.15, 0.2) is 40.1 Å². The molecule has 0 spiro atoms. The van der Waals surface area contributed by atoms with Gasteiger partial charge in [-0.2, -0.15) is 0 Å². The SMILES string of the molecule is Cc1ccc(CNC(=O)Cn2cc([N+](=O)[O-])c(=O)[nH]c2=O)cc1. The molecule has 0 bridgehead atoms. The molecule has 2 N–H and O–H groups in total. The first kappa shape index (κ1) is 16.1. The van der Waals surface area contributed by atoms with Crippen molar-refractivity contribution in [1.29, 1.82) is 0 Å². The van der Waals surface area contributed by atoms with E-state index in [4.69, 9.17) is 0 Å². The number of rotatable bonds is 5. The molecule has 1 amide bonds. The fraction of sp³-hybridized carbons (Fsp3) is 0.214. The van der Waals surface area contributed by atoms with Gasteiger partial charge in [-0.25, -0.2) is 4.79 Å². The second kappa shape index (κ2) is 6.69. The zero-order valence-electron chi connectivity index (χ0n) is 12.2. The molecule has 0 atom stereocenters. The molecule has 2 rings (SSSR count). The van der Waals surface area contributed by atoms with E-state index >= 15 is 0 Å². The van der Waals surface area contributed by atoms with E-state index in [9.17, 15) is 24.5 Å². The van der Waals surface area contributed by atoms with E-state index in [2.05, 4.69) is 5.32 Å². The number of nitrogens with one attached hydrogen (secondary N) is 2. The molecular formula is C14H14N4O5. The smallest absolute Gasteiger partial charge is 0.350 e. The summed E-state index contributed by atoms with van der Waals surface area (Å²) in [6, 6.07) is 7.51. The van der Waals surface area contributed by atoms with Crippen LogP contribution in [0.2, 0.25) is 0 Å². The maximum Gasteiger partial charge on any atom is 0.350 e. The molecular weight excluding hydrogens is 304 g/mol. The standard InChI is InChI=1S/C14H14N4O5/c1-9-2-4-10(5-3-9)6-15-12(19)8-17-7-11(18(22)23)13(20)16-14(17)21/h2-5,7H,6,8H2,1H3,(H,15,19)(H,16,20,21). The van der Waals surface area contributed by atoms with E-state index in [0.717, 1.165) is 21.9 Å². The Kier molecular flexibility index (Phi) is 4.69. The fourth-order valence-corrected chi connectivity index (χ4v) is 1.86. The molecule has 0 radical (unpaired) electrons. The van der Waals surface area contributed by atoms with Crippen LogP contribution in [0.3, 0.4) is 0 Å². The van der Waals surface area contributed by atoms with Crippen LogP contribution >= 0.6 is 0 Å². The number of aromatic amines is 1. The lowest BCUT2D eigenvalue weighted by Crippen LogP contribution is -2.36. The zero-order chi connectivity index (χ0) is 17.0. The van der Waals surface area contributed by atoms with E-state index in [0.29, 0.717) is 0 Å². The highest BCUT2D eigenvalue weighted by molar-refractivity contribution is 5.75. The van der Waals surface area contributed by atoms with E-state index in [-0.39, 0.29) is 6.54 Å². The number of nitrogens with zero attached hydrogens (tertiary/aromatic N) is 2. The van der Waals surface area contributed by atoms with Gasteiger partial charge in [0.15, 0.2) is 0 Å². The summed E-state index contributed by atoms with van der Waals surface area (Å²) in [5.41, 5.74) is -0.811. The number of hydrogen-bond acceptors (Lipinski definition) is 5. The highest BCUT2D eigenvalue weighted by atomic mass is 16.6. The highest BCUT2D eigenvalue weighted by Crippen LogP contribution is 2.02. The predicted molar refractivity (Wildman–Crippen MR) is 81.0 cm³/mol. The lowest BCUT2D eigenvalue weighted by Gasteiger charge is -2.07. The number of hydrogen-bond donors (Lipinski definition) is 2. The Bertz CT molecular complexity index is 851. The summed E-state index contributed by atoms with van der Waals surface area (Å²) in [6.07, 6.45) is 0.757. The molecule has 0 saturated heterocycles. The maximum absolute atomic E-state index is 11.8. The second-order valence-electron chi connectivity index (χ2n) is 4.92. The number of H-pyrrole nitrogens is 1. The average Bonchev–Trinajstić information content (AvgIpc) is 2.49. The first-order valence-electron chi connectivity index (χ1n) is 6.67. The molecule has 1 aromatic carbocycles. The van der Waals surface area contributed by atoms with E-state index in [1.165, 1.54) is 0 Å². The van der Waals surface area contributed by atoms with Gasteiger partial charge >= 0.3 is 16.9 Å². The lowest BCUT2D eigenvalue weighted by molar-refractivity contribution is -0.386. The fourth-order valence-electron chi connectivity index (χ4n) is 1.86. The third-order valence-corrected chi connectivity index (χ3v) is 3.11. The molecule has 0 aliphatic carbocycles. The monoisotopic (exact) mass is 318 g/mol. The molecule has 0 unspecified atom stereocenters. The predicted octanol–water partition coefficient (Wildman–Crippen LogP) is 0.0696. The van der Waals surface area contributed by atoms with Crippen molar-refractivity contribution in [3.05, 3.63) is 72.5 Å². The summed E-state index contributed by atoms with van der Waals surface area (Å²) in [4.78, 5) is 46.2. The van der Waals surface area contributed by atoms with E-state index in [1.807, 2.05) is 31.2 Å². The Labute approximate surface area is 129 Å². The molecule has 0 saturated carbocycles. The Hall–Kier alpha value is -3.23. The normalized spacial score (nSPS) is 10.3. The maximum atomic E-state index is 11.8. The second-order valence-corrected chi connectivity index (χ2v) is 4.92. The summed E-state index contributed by atoms with van der Waals surface area (Å²) in [5, 5.41) is 13.3. The molecule has 23 heavy (non-hydrogen) atoms. The number of aryl methyl sites for hydroxylation is 1. The minimum atomic E-state index is -1.10. The van der Waals surface area contributed by atoms with Crippen molar-refractivity contribution in [2.45, 2.75) is 20.0 Å². The molecule has 2 aromatic rings. The minimum absolute atomic E-state index is 0.263.